The van der Waals surface area contributed by atoms with Crippen LogP contribution in [0.15, 0.2) is 25.1 Å². The van der Waals surface area contributed by atoms with Crippen molar-refractivity contribution >= 4 is 6.09 Å². The van der Waals surface area contributed by atoms with E-state index in [1.54, 1.807) is 6.92 Å². The van der Waals surface area contributed by atoms with Crippen LogP contribution in [0.4, 0.5) is 4.79 Å². The summed E-state index contributed by atoms with van der Waals surface area (Å²) in [6.45, 7) is 14.3. The minimum absolute atomic E-state index is 0.449. The third-order valence-corrected chi connectivity index (χ3v) is 1.18. The van der Waals surface area contributed by atoms with E-state index in [1.807, 2.05) is 20.8 Å². The summed E-state index contributed by atoms with van der Waals surface area (Å²) in [6.07, 6.45) is 0.936. The second kappa shape index (κ2) is 4.12. The molecule has 1 amide bonds. The van der Waals surface area contributed by atoms with Gasteiger partial charge in [0.15, 0.2) is 0 Å². The summed E-state index contributed by atoms with van der Waals surface area (Å²) in [4.78, 5) is 12.7. The van der Waals surface area contributed by atoms with Crippen molar-refractivity contribution in [1.82, 2.24) is 4.90 Å². The molecule has 0 aromatic carbocycles. The molecule has 0 aromatic rings. The lowest BCUT2D eigenvalue weighted by molar-refractivity contribution is 0.0385. The summed E-state index contributed by atoms with van der Waals surface area (Å²) < 4.78 is 5.11. The van der Waals surface area contributed by atoms with Crippen LogP contribution >= 0.6 is 0 Å². The minimum atomic E-state index is -0.492. The molecule has 0 N–H and O–H groups in total. The van der Waals surface area contributed by atoms with Crippen LogP contribution in [-0.4, -0.2) is 16.6 Å². The third kappa shape index (κ3) is 4.35. The zero-order valence-electron chi connectivity index (χ0n) is 8.76. The second-order valence-electron chi connectivity index (χ2n) is 3.77. The zero-order valence-corrected chi connectivity index (χ0v) is 8.76. The van der Waals surface area contributed by atoms with Crippen molar-refractivity contribution in [1.29, 1.82) is 0 Å². The molecule has 0 unspecified atom stereocenters. The summed E-state index contributed by atoms with van der Waals surface area (Å²) in [5.41, 5.74) is 0.0950. The quantitative estimate of drug-likeness (QED) is 0.658. The monoisotopic (exact) mass is 183 g/mol. The topological polar surface area (TPSA) is 29.5 Å². The molecule has 0 bridgehead atoms. The van der Waals surface area contributed by atoms with Crippen LogP contribution in [0.25, 0.3) is 0 Å². The van der Waals surface area contributed by atoms with Crippen LogP contribution < -0.4 is 0 Å². The lowest BCUT2D eigenvalue weighted by atomic mass is 10.2. The number of allylic oxidation sites excluding steroid dienone is 1. The molecule has 0 atom stereocenters. The smallest absolute Gasteiger partial charge is 0.418 e. The van der Waals surface area contributed by atoms with Crippen molar-refractivity contribution < 1.29 is 9.53 Å². The Morgan fingerprint density at radius 2 is 1.92 bits per heavy atom. The van der Waals surface area contributed by atoms with Crippen LogP contribution in [0.1, 0.15) is 27.7 Å². The predicted molar refractivity (Wildman–Crippen MR) is 53.1 cm³/mol. The van der Waals surface area contributed by atoms with Gasteiger partial charge in [-0.05, 0) is 27.7 Å². The second-order valence-corrected chi connectivity index (χ2v) is 3.77. The van der Waals surface area contributed by atoms with Gasteiger partial charge in [-0.1, -0.05) is 13.2 Å². The van der Waals surface area contributed by atoms with Crippen molar-refractivity contribution in [3.63, 3.8) is 0 Å². The number of hydrogen-bond donors (Lipinski definition) is 0. The maximum atomic E-state index is 11.4. The van der Waals surface area contributed by atoms with E-state index >= 15 is 0 Å². The van der Waals surface area contributed by atoms with Gasteiger partial charge in [0, 0.05) is 11.9 Å². The lowest BCUT2D eigenvalue weighted by Gasteiger charge is -2.24. The van der Waals surface area contributed by atoms with Gasteiger partial charge in [0.1, 0.15) is 5.60 Å². The largest absolute Gasteiger partial charge is 0.443 e. The molecule has 0 rings (SSSR count). The van der Waals surface area contributed by atoms with Crippen molar-refractivity contribution in [2.45, 2.75) is 33.3 Å². The van der Waals surface area contributed by atoms with Gasteiger partial charge in [-0.25, -0.2) is 4.79 Å². The van der Waals surface area contributed by atoms with Crippen molar-refractivity contribution in [3.05, 3.63) is 25.1 Å². The summed E-state index contributed by atoms with van der Waals surface area (Å²) in [5, 5.41) is 0. The number of amides is 1. The fourth-order valence-corrected chi connectivity index (χ4v) is 0.697. The molecule has 0 fully saturated rings. The van der Waals surface area contributed by atoms with Gasteiger partial charge in [0.25, 0.3) is 0 Å². The molecule has 0 aliphatic carbocycles. The van der Waals surface area contributed by atoms with Crippen LogP contribution in [0.5, 0.6) is 0 Å². The molecule has 0 spiro atoms. The van der Waals surface area contributed by atoms with E-state index in [0.717, 1.165) is 0 Å². The Labute approximate surface area is 79.7 Å². The standard InChI is InChI=1S/C10H17NO2/c1-7-11(8(2)3)9(12)13-10(4,5)6/h7H,1-2H2,3-6H3. The molecule has 0 heterocycles. The summed E-state index contributed by atoms with van der Waals surface area (Å²) >= 11 is 0. The Hall–Kier alpha value is -1.25. The van der Waals surface area contributed by atoms with Crippen molar-refractivity contribution in [2.24, 2.45) is 0 Å². The van der Waals surface area contributed by atoms with Gasteiger partial charge in [-0.15, -0.1) is 0 Å². The number of nitrogens with zero attached hydrogens (tertiary/aromatic N) is 1. The molecule has 0 saturated carbocycles. The molecular formula is C10H17NO2. The van der Waals surface area contributed by atoms with Gasteiger partial charge in [0.05, 0.1) is 0 Å². The van der Waals surface area contributed by atoms with E-state index in [2.05, 4.69) is 13.2 Å². The van der Waals surface area contributed by atoms with E-state index in [-0.39, 0.29) is 0 Å². The van der Waals surface area contributed by atoms with Crippen molar-refractivity contribution in [3.8, 4) is 0 Å². The van der Waals surface area contributed by atoms with Crippen LogP contribution in [0.3, 0.4) is 0 Å². The first-order chi connectivity index (χ1) is 5.78. The molecule has 0 radical (unpaired) electrons. The molecule has 3 heteroatoms. The first kappa shape index (κ1) is 11.8. The number of rotatable bonds is 2. The van der Waals surface area contributed by atoms with E-state index in [9.17, 15) is 4.79 Å². The van der Waals surface area contributed by atoms with Gasteiger partial charge in [-0.2, -0.15) is 0 Å². The molecular weight excluding hydrogens is 166 g/mol. The normalized spacial score (nSPS) is 10.5. The third-order valence-electron chi connectivity index (χ3n) is 1.18. The van der Waals surface area contributed by atoms with Gasteiger partial charge < -0.3 is 4.74 Å². The zero-order chi connectivity index (χ0) is 10.6. The first-order valence-electron chi connectivity index (χ1n) is 4.08. The number of hydrogen-bond acceptors (Lipinski definition) is 2. The average Bonchev–Trinajstić information content (AvgIpc) is 1.82. The average molecular weight is 183 g/mol. The Balaban J connectivity index is 4.41. The fraction of sp³-hybridized carbons (Fsp3) is 0.500. The lowest BCUT2D eigenvalue weighted by Crippen LogP contribution is -2.32. The number of carbonyl (C=O) groups excluding carboxylic acids is 1. The first-order valence-corrected chi connectivity index (χ1v) is 4.08. The summed E-state index contributed by atoms with van der Waals surface area (Å²) in [6, 6.07) is 0. The molecule has 74 valence electrons. The highest BCUT2D eigenvalue weighted by Crippen LogP contribution is 2.12. The maximum absolute atomic E-state index is 11.4. The highest BCUT2D eigenvalue weighted by molar-refractivity contribution is 5.71. The number of carbonyl (C=O) groups is 1. The molecule has 0 aliphatic heterocycles. The summed E-state index contributed by atoms with van der Waals surface area (Å²) in [7, 11) is 0. The van der Waals surface area contributed by atoms with Gasteiger partial charge >= 0.3 is 6.09 Å². The predicted octanol–water partition coefficient (Wildman–Crippen LogP) is 2.90. The molecule has 3 nitrogen and oxygen atoms in total. The fourth-order valence-electron chi connectivity index (χ4n) is 0.697. The van der Waals surface area contributed by atoms with E-state index < -0.39 is 11.7 Å². The number of ether oxygens (including phenoxy) is 1. The van der Waals surface area contributed by atoms with E-state index in [0.29, 0.717) is 5.70 Å². The molecule has 0 aromatic heterocycles. The van der Waals surface area contributed by atoms with E-state index in [4.69, 9.17) is 4.74 Å². The maximum Gasteiger partial charge on any atom is 0.418 e. The van der Waals surface area contributed by atoms with E-state index in [1.165, 1.54) is 11.1 Å². The molecule has 0 aliphatic rings. The Morgan fingerprint density at radius 3 is 2.15 bits per heavy atom. The summed E-state index contributed by atoms with van der Waals surface area (Å²) in [5.74, 6) is 0. The molecule has 0 saturated heterocycles. The van der Waals surface area contributed by atoms with Crippen LogP contribution in [0, 0.1) is 0 Å². The SMILES string of the molecule is C=CN(C(=C)C)C(=O)OC(C)(C)C. The van der Waals surface area contributed by atoms with Crippen molar-refractivity contribution in [2.75, 3.05) is 0 Å². The molecule has 13 heavy (non-hydrogen) atoms. The van der Waals surface area contributed by atoms with Crippen LogP contribution in [0.2, 0.25) is 0 Å². The highest BCUT2D eigenvalue weighted by atomic mass is 16.6. The minimum Gasteiger partial charge on any atom is -0.443 e. The van der Waals surface area contributed by atoms with Crippen LogP contribution in [-0.2, 0) is 4.74 Å². The Morgan fingerprint density at radius 1 is 1.46 bits per heavy atom. The van der Waals surface area contributed by atoms with Gasteiger partial charge in [-0.3, -0.25) is 4.90 Å². The highest BCUT2D eigenvalue weighted by Gasteiger charge is 2.20. The van der Waals surface area contributed by atoms with Gasteiger partial charge in [0.2, 0.25) is 0 Å². The Bertz CT molecular complexity index is 226. The Kier molecular flexibility index (Phi) is 3.72.